The van der Waals surface area contributed by atoms with Crippen LogP contribution in [0.5, 0.6) is 0 Å². The van der Waals surface area contributed by atoms with Crippen molar-refractivity contribution >= 4 is 35.9 Å². The molecule has 9 heteroatoms. The Bertz CT molecular complexity index is 1130. The first-order chi connectivity index (χ1) is 20.0. The van der Waals surface area contributed by atoms with Gasteiger partial charge >= 0.3 is 6.03 Å². The summed E-state index contributed by atoms with van der Waals surface area (Å²) in [6.45, 7) is 6.15. The van der Waals surface area contributed by atoms with Crippen molar-refractivity contribution < 1.29 is 9.59 Å². The molecule has 1 aliphatic carbocycles. The average molecular weight is 617 g/mol. The molecular weight excluding hydrogens is 569 g/mol. The van der Waals surface area contributed by atoms with Gasteiger partial charge in [-0.15, -0.1) is 12.4 Å². The Hall–Kier alpha value is -2.35. The molecule has 0 radical (unpaired) electrons. The fraction of sp³-hybridized carbons (Fsp3) is 0.606. The fourth-order valence-corrected chi connectivity index (χ4v) is 7.50. The van der Waals surface area contributed by atoms with Crippen LogP contribution in [0.25, 0.3) is 0 Å². The zero-order valence-corrected chi connectivity index (χ0v) is 26.7. The second-order valence-electron chi connectivity index (χ2n) is 12.0. The zero-order chi connectivity index (χ0) is 28.8. The van der Waals surface area contributed by atoms with Gasteiger partial charge in [0, 0.05) is 55.0 Å². The van der Waals surface area contributed by atoms with E-state index in [0.29, 0.717) is 24.0 Å². The lowest BCUT2D eigenvalue weighted by atomic mass is 9.89. The van der Waals surface area contributed by atoms with E-state index >= 15 is 0 Å². The molecule has 3 heterocycles. The number of pyridine rings is 1. The SMILES string of the molecule is CCN(CC)C(=O)N(C1CCCCC1)C1CC2CCC(C1)N2C(=O)[C@@H](Cc1ccc(Cl)cc1)NCc1ccccn1.Cl. The van der Waals surface area contributed by atoms with Crippen LogP contribution in [-0.4, -0.2) is 74.9 Å². The first-order valence-electron chi connectivity index (χ1n) is 15.8. The number of halogens is 2. The van der Waals surface area contributed by atoms with E-state index < -0.39 is 0 Å². The van der Waals surface area contributed by atoms with E-state index in [9.17, 15) is 9.59 Å². The van der Waals surface area contributed by atoms with Gasteiger partial charge in [0.1, 0.15) is 0 Å². The van der Waals surface area contributed by atoms with Crippen molar-refractivity contribution in [1.82, 2.24) is 25.0 Å². The van der Waals surface area contributed by atoms with Crippen LogP contribution in [0, 0.1) is 0 Å². The summed E-state index contributed by atoms with van der Waals surface area (Å²) in [4.78, 5) is 39.0. The molecule has 0 spiro atoms. The molecule has 1 aromatic heterocycles. The molecule has 1 N–H and O–H groups in total. The Morgan fingerprint density at radius 3 is 2.21 bits per heavy atom. The number of piperidine rings is 1. The number of aromatic nitrogens is 1. The number of rotatable bonds is 10. The van der Waals surface area contributed by atoms with Crippen LogP contribution in [0.2, 0.25) is 5.02 Å². The number of hydrogen-bond acceptors (Lipinski definition) is 4. The third kappa shape index (κ3) is 7.59. The number of nitrogens with zero attached hydrogens (tertiary/aromatic N) is 4. The average Bonchev–Trinajstić information content (AvgIpc) is 3.27. The van der Waals surface area contributed by atoms with Gasteiger partial charge in [-0.05, 0) is 88.6 Å². The molecule has 1 aromatic carbocycles. The van der Waals surface area contributed by atoms with Gasteiger partial charge in [-0.2, -0.15) is 0 Å². The van der Waals surface area contributed by atoms with Gasteiger partial charge in [-0.25, -0.2) is 4.79 Å². The molecule has 7 nitrogen and oxygen atoms in total. The summed E-state index contributed by atoms with van der Waals surface area (Å²) in [5, 5.41) is 4.24. The molecule has 2 unspecified atom stereocenters. The van der Waals surface area contributed by atoms with E-state index in [1.165, 1.54) is 19.3 Å². The molecule has 3 aliphatic rings. The number of urea groups is 1. The predicted octanol–water partition coefficient (Wildman–Crippen LogP) is 6.48. The van der Waals surface area contributed by atoms with Gasteiger partial charge in [0.15, 0.2) is 0 Å². The highest BCUT2D eigenvalue weighted by atomic mass is 35.5. The van der Waals surface area contributed by atoms with E-state index in [4.69, 9.17) is 11.6 Å². The molecule has 3 fully saturated rings. The molecule has 42 heavy (non-hydrogen) atoms. The number of carbonyl (C=O) groups excluding carboxylic acids is 2. The van der Waals surface area contributed by atoms with Crippen molar-refractivity contribution in [3.05, 3.63) is 64.9 Å². The molecule has 2 aliphatic heterocycles. The van der Waals surface area contributed by atoms with Crippen molar-refractivity contribution in [3.8, 4) is 0 Å². The van der Waals surface area contributed by atoms with Gasteiger partial charge < -0.3 is 14.7 Å². The third-order valence-corrected chi connectivity index (χ3v) is 9.74. The van der Waals surface area contributed by atoms with Gasteiger partial charge in [0.25, 0.3) is 0 Å². The van der Waals surface area contributed by atoms with Gasteiger partial charge in [0.05, 0.1) is 11.7 Å². The molecule has 2 bridgehead atoms. The second-order valence-corrected chi connectivity index (χ2v) is 12.4. The molecule has 2 saturated heterocycles. The first kappa shape index (κ1) is 32.6. The van der Waals surface area contributed by atoms with Crippen LogP contribution in [-0.2, 0) is 17.8 Å². The van der Waals surface area contributed by atoms with Gasteiger partial charge in [-0.3, -0.25) is 15.1 Å². The van der Waals surface area contributed by atoms with Crippen LogP contribution < -0.4 is 5.32 Å². The Labute approximate surface area is 262 Å². The van der Waals surface area contributed by atoms with E-state index in [-0.39, 0.29) is 48.5 Å². The minimum atomic E-state index is -0.357. The standard InChI is InChI=1S/C33H46ClN5O2.ClH/c1-3-37(4-2)33(41)39(27-11-6-5-7-12-27)30-21-28-17-18-29(22-30)38(28)32(40)31(20-24-13-15-25(34)16-14-24)36-23-26-10-8-9-19-35-26;/h8-10,13-16,19,27-31,36H,3-7,11-12,17-18,20-23H2,1-2H3;1H/t28?,29?,30?,31-;/m1./s1. The minimum absolute atomic E-state index is 0. The molecule has 2 aromatic rings. The Morgan fingerprint density at radius 2 is 1.62 bits per heavy atom. The highest BCUT2D eigenvalue weighted by Crippen LogP contribution is 2.40. The topological polar surface area (TPSA) is 68.8 Å². The predicted molar refractivity (Wildman–Crippen MR) is 171 cm³/mol. The summed E-state index contributed by atoms with van der Waals surface area (Å²) in [7, 11) is 0. The summed E-state index contributed by atoms with van der Waals surface area (Å²) in [5.74, 6) is 0.168. The quantitative estimate of drug-likeness (QED) is 0.332. The van der Waals surface area contributed by atoms with Crippen LogP contribution >= 0.6 is 24.0 Å². The van der Waals surface area contributed by atoms with Gasteiger partial charge in [-0.1, -0.05) is 49.1 Å². The maximum Gasteiger partial charge on any atom is 0.320 e. The maximum absolute atomic E-state index is 14.3. The number of hydrogen-bond donors (Lipinski definition) is 1. The smallest absolute Gasteiger partial charge is 0.320 e. The van der Waals surface area contributed by atoms with Gasteiger partial charge in [0.2, 0.25) is 5.91 Å². The summed E-state index contributed by atoms with van der Waals surface area (Å²) in [6.07, 6.45) is 12.0. The molecular formula is C33H47Cl2N5O2. The van der Waals surface area contributed by atoms with E-state index in [2.05, 4.69) is 33.9 Å². The Balaban J connectivity index is 0.00000405. The van der Waals surface area contributed by atoms with Crippen LogP contribution in [0.3, 0.4) is 0 Å². The molecule has 230 valence electrons. The van der Waals surface area contributed by atoms with Crippen molar-refractivity contribution in [2.24, 2.45) is 0 Å². The Kier molecular flexibility index (Phi) is 11.9. The molecule has 3 amide bonds. The fourth-order valence-electron chi connectivity index (χ4n) is 7.38. The number of carbonyl (C=O) groups is 2. The van der Waals surface area contributed by atoms with Crippen LogP contribution in [0.15, 0.2) is 48.7 Å². The maximum atomic E-state index is 14.3. The number of benzene rings is 1. The van der Waals surface area contributed by atoms with E-state index in [1.807, 2.05) is 47.4 Å². The highest BCUT2D eigenvalue weighted by molar-refractivity contribution is 6.30. The van der Waals surface area contributed by atoms with Crippen molar-refractivity contribution in [2.75, 3.05) is 13.1 Å². The second kappa shape index (κ2) is 15.4. The number of nitrogens with one attached hydrogen (secondary N) is 1. The van der Waals surface area contributed by atoms with Crippen molar-refractivity contribution in [1.29, 1.82) is 0 Å². The largest absolute Gasteiger partial charge is 0.335 e. The normalized spacial score (nSPS) is 22.7. The van der Waals surface area contributed by atoms with Crippen LogP contribution in [0.1, 0.15) is 82.9 Å². The molecule has 3 atom stereocenters. The summed E-state index contributed by atoms with van der Waals surface area (Å²) in [6, 6.07) is 14.4. The number of amides is 3. The van der Waals surface area contributed by atoms with Crippen molar-refractivity contribution in [2.45, 2.75) is 115 Å². The summed E-state index contributed by atoms with van der Waals surface area (Å²) in [5.41, 5.74) is 2.00. The Morgan fingerprint density at radius 1 is 0.952 bits per heavy atom. The van der Waals surface area contributed by atoms with Crippen LogP contribution in [0.4, 0.5) is 4.79 Å². The number of fused-ring (bicyclic) bond motifs is 2. The summed E-state index contributed by atoms with van der Waals surface area (Å²) < 4.78 is 0. The van der Waals surface area contributed by atoms with E-state index in [0.717, 1.165) is 62.9 Å². The minimum Gasteiger partial charge on any atom is -0.335 e. The lowest BCUT2D eigenvalue weighted by Crippen LogP contribution is -2.60. The summed E-state index contributed by atoms with van der Waals surface area (Å²) >= 11 is 6.15. The monoisotopic (exact) mass is 615 g/mol. The lowest BCUT2D eigenvalue weighted by molar-refractivity contribution is -0.139. The van der Waals surface area contributed by atoms with E-state index in [1.54, 1.807) is 6.20 Å². The lowest BCUT2D eigenvalue weighted by Gasteiger charge is -2.48. The molecule has 1 saturated carbocycles. The first-order valence-corrected chi connectivity index (χ1v) is 16.1. The van der Waals surface area contributed by atoms with Crippen molar-refractivity contribution in [3.63, 3.8) is 0 Å². The zero-order valence-electron chi connectivity index (χ0n) is 25.1. The highest BCUT2D eigenvalue weighted by Gasteiger charge is 2.48. The molecule has 5 rings (SSSR count). The third-order valence-electron chi connectivity index (χ3n) is 9.49.